The standard InChI is InChI=1S/C17H22N2O/c1-12-8-9-16(15-7-4-10-18-17(12)15)19-13-5-3-6-14(11-13)20-2/h4,7-10,13-14,19H,3,5-6,11H2,1-2H3. The molecule has 106 valence electrons. The summed E-state index contributed by atoms with van der Waals surface area (Å²) in [5.74, 6) is 0. The number of hydrogen-bond acceptors (Lipinski definition) is 3. The van der Waals surface area contributed by atoms with E-state index in [1.54, 1.807) is 0 Å². The molecule has 3 heteroatoms. The minimum absolute atomic E-state index is 0.399. The fraction of sp³-hybridized carbons (Fsp3) is 0.471. The van der Waals surface area contributed by atoms with Crippen LogP contribution in [0, 0.1) is 6.92 Å². The number of benzene rings is 1. The molecule has 0 amide bonds. The number of hydrogen-bond donors (Lipinski definition) is 1. The van der Waals surface area contributed by atoms with Crippen molar-refractivity contribution < 1.29 is 4.74 Å². The van der Waals surface area contributed by atoms with Crippen molar-refractivity contribution in [2.24, 2.45) is 0 Å². The van der Waals surface area contributed by atoms with Crippen molar-refractivity contribution in [1.82, 2.24) is 4.98 Å². The normalized spacial score (nSPS) is 22.9. The third-order valence-corrected chi connectivity index (χ3v) is 4.29. The molecule has 0 aliphatic heterocycles. The molecule has 0 saturated heterocycles. The summed E-state index contributed by atoms with van der Waals surface area (Å²) >= 11 is 0. The Balaban J connectivity index is 1.86. The first kappa shape index (κ1) is 13.4. The van der Waals surface area contributed by atoms with Crippen LogP contribution in [0.2, 0.25) is 0 Å². The molecule has 0 bridgehead atoms. The second-order valence-corrected chi connectivity index (χ2v) is 5.70. The highest BCUT2D eigenvalue weighted by molar-refractivity contribution is 5.93. The molecular formula is C17H22N2O. The molecule has 1 N–H and O–H groups in total. The largest absolute Gasteiger partial charge is 0.382 e. The first-order chi connectivity index (χ1) is 9.78. The molecule has 0 radical (unpaired) electrons. The zero-order valence-corrected chi connectivity index (χ0v) is 12.2. The van der Waals surface area contributed by atoms with Crippen LogP contribution in [0.15, 0.2) is 30.5 Å². The lowest BCUT2D eigenvalue weighted by atomic mass is 9.92. The van der Waals surface area contributed by atoms with Crippen molar-refractivity contribution >= 4 is 16.6 Å². The van der Waals surface area contributed by atoms with E-state index in [4.69, 9.17) is 4.74 Å². The van der Waals surface area contributed by atoms with Crippen LogP contribution in [-0.2, 0) is 4.74 Å². The van der Waals surface area contributed by atoms with E-state index in [0.29, 0.717) is 12.1 Å². The van der Waals surface area contributed by atoms with E-state index < -0.39 is 0 Å². The van der Waals surface area contributed by atoms with Crippen LogP contribution in [0.4, 0.5) is 5.69 Å². The lowest BCUT2D eigenvalue weighted by Gasteiger charge is -2.30. The van der Waals surface area contributed by atoms with Crippen LogP contribution in [0.3, 0.4) is 0 Å². The third-order valence-electron chi connectivity index (χ3n) is 4.29. The molecule has 1 aliphatic carbocycles. The maximum atomic E-state index is 5.51. The highest BCUT2D eigenvalue weighted by Gasteiger charge is 2.22. The molecule has 1 aromatic heterocycles. The van der Waals surface area contributed by atoms with Crippen LogP contribution in [0.5, 0.6) is 0 Å². The Hall–Kier alpha value is -1.61. The highest BCUT2D eigenvalue weighted by atomic mass is 16.5. The molecule has 1 fully saturated rings. The molecule has 1 heterocycles. The first-order valence-corrected chi connectivity index (χ1v) is 7.41. The molecule has 0 spiro atoms. The van der Waals surface area contributed by atoms with Crippen LogP contribution in [0.1, 0.15) is 31.2 Å². The van der Waals surface area contributed by atoms with Crippen molar-refractivity contribution in [3.63, 3.8) is 0 Å². The fourth-order valence-electron chi connectivity index (χ4n) is 3.15. The van der Waals surface area contributed by atoms with Crippen molar-refractivity contribution in [1.29, 1.82) is 0 Å². The minimum atomic E-state index is 0.399. The van der Waals surface area contributed by atoms with Gasteiger partial charge in [0.1, 0.15) is 0 Å². The lowest BCUT2D eigenvalue weighted by Crippen LogP contribution is -2.31. The summed E-state index contributed by atoms with van der Waals surface area (Å²) in [6.45, 7) is 2.11. The van der Waals surface area contributed by atoms with Gasteiger partial charge < -0.3 is 10.1 Å². The van der Waals surface area contributed by atoms with Gasteiger partial charge in [0.25, 0.3) is 0 Å². The number of pyridine rings is 1. The van der Waals surface area contributed by atoms with Gasteiger partial charge in [-0.1, -0.05) is 6.07 Å². The van der Waals surface area contributed by atoms with Crippen molar-refractivity contribution in [3.8, 4) is 0 Å². The average Bonchev–Trinajstić information content (AvgIpc) is 2.51. The Morgan fingerprint density at radius 3 is 3.00 bits per heavy atom. The summed E-state index contributed by atoms with van der Waals surface area (Å²) in [6.07, 6.45) is 6.99. The van der Waals surface area contributed by atoms with Gasteiger partial charge in [-0.2, -0.15) is 0 Å². The summed E-state index contributed by atoms with van der Waals surface area (Å²) in [6, 6.07) is 8.98. The van der Waals surface area contributed by atoms with Crippen LogP contribution in [-0.4, -0.2) is 24.2 Å². The number of ether oxygens (including phenoxy) is 1. The van der Waals surface area contributed by atoms with Gasteiger partial charge in [0.15, 0.2) is 0 Å². The van der Waals surface area contributed by atoms with E-state index in [2.05, 4.69) is 35.4 Å². The number of nitrogens with one attached hydrogen (secondary N) is 1. The van der Waals surface area contributed by atoms with Gasteiger partial charge in [0.05, 0.1) is 11.6 Å². The molecule has 1 saturated carbocycles. The van der Waals surface area contributed by atoms with Crippen molar-refractivity contribution in [2.45, 2.75) is 44.8 Å². The van der Waals surface area contributed by atoms with Crippen LogP contribution in [0.25, 0.3) is 10.9 Å². The van der Waals surface area contributed by atoms with E-state index in [0.717, 1.165) is 11.9 Å². The molecule has 3 nitrogen and oxygen atoms in total. The summed E-state index contributed by atoms with van der Waals surface area (Å²) in [4.78, 5) is 4.50. The second-order valence-electron chi connectivity index (χ2n) is 5.70. The Kier molecular flexibility index (Phi) is 3.88. The zero-order valence-electron chi connectivity index (χ0n) is 12.2. The number of nitrogens with zero attached hydrogens (tertiary/aromatic N) is 1. The van der Waals surface area contributed by atoms with Crippen molar-refractivity contribution in [3.05, 3.63) is 36.0 Å². The fourth-order valence-corrected chi connectivity index (χ4v) is 3.15. The monoisotopic (exact) mass is 270 g/mol. The van der Waals surface area contributed by atoms with E-state index in [-0.39, 0.29) is 0 Å². The molecule has 2 atom stereocenters. The average molecular weight is 270 g/mol. The Bertz CT molecular complexity index is 597. The molecule has 20 heavy (non-hydrogen) atoms. The Morgan fingerprint density at radius 1 is 1.25 bits per heavy atom. The summed E-state index contributed by atoms with van der Waals surface area (Å²) in [5.41, 5.74) is 3.52. The maximum absolute atomic E-state index is 5.51. The topological polar surface area (TPSA) is 34.1 Å². The van der Waals surface area contributed by atoms with Gasteiger partial charge in [-0.05, 0) is 56.4 Å². The molecular weight excluding hydrogens is 248 g/mol. The molecule has 2 unspecified atom stereocenters. The minimum Gasteiger partial charge on any atom is -0.382 e. The predicted octanol–water partition coefficient (Wildman–Crippen LogP) is 3.91. The highest BCUT2D eigenvalue weighted by Crippen LogP contribution is 2.29. The summed E-state index contributed by atoms with van der Waals surface area (Å²) in [5, 5.41) is 4.91. The van der Waals surface area contributed by atoms with E-state index in [1.165, 1.54) is 35.9 Å². The molecule has 1 aromatic carbocycles. The molecule has 2 aromatic rings. The van der Waals surface area contributed by atoms with Gasteiger partial charge in [0.2, 0.25) is 0 Å². The Morgan fingerprint density at radius 2 is 2.15 bits per heavy atom. The number of anilines is 1. The number of aromatic nitrogens is 1. The first-order valence-electron chi connectivity index (χ1n) is 7.41. The summed E-state index contributed by atoms with van der Waals surface area (Å²) < 4.78 is 5.51. The van der Waals surface area contributed by atoms with E-state index in [9.17, 15) is 0 Å². The van der Waals surface area contributed by atoms with Crippen molar-refractivity contribution in [2.75, 3.05) is 12.4 Å². The van der Waals surface area contributed by atoms with Crippen LogP contribution >= 0.6 is 0 Å². The van der Waals surface area contributed by atoms with Gasteiger partial charge in [-0.25, -0.2) is 0 Å². The quantitative estimate of drug-likeness (QED) is 0.918. The molecule has 3 rings (SSSR count). The van der Waals surface area contributed by atoms with Gasteiger partial charge >= 0.3 is 0 Å². The number of fused-ring (bicyclic) bond motifs is 1. The number of rotatable bonds is 3. The third kappa shape index (κ3) is 2.63. The SMILES string of the molecule is COC1CCCC(Nc2ccc(C)c3ncccc23)C1. The summed E-state index contributed by atoms with van der Waals surface area (Å²) in [7, 11) is 1.82. The Labute approximate surface area is 120 Å². The second kappa shape index (κ2) is 5.80. The van der Waals surface area contributed by atoms with E-state index >= 15 is 0 Å². The number of methoxy groups -OCH3 is 1. The molecule has 1 aliphatic rings. The number of aryl methyl sites for hydroxylation is 1. The van der Waals surface area contributed by atoms with Gasteiger partial charge in [0, 0.05) is 30.4 Å². The van der Waals surface area contributed by atoms with Crippen LogP contribution < -0.4 is 5.32 Å². The maximum Gasteiger partial charge on any atom is 0.0751 e. The lowest BCUT2D eigenvalue weighted by molar-refractivity contribution is 0.0669. The smallest absolute Gasteiger partial charge is 0.0751 e. The predicted molar refractivity (Wildman–Crippen MR) is 83.2 cm³/mol. The van der Waals surface area contributed by atoms with E-state index in [1.807, 2.05) is 19.4 Å². The van der Waals surface area contributed by atoms with Gasteiger partial charge in [-0.15, -0.1) is 0 Å². The van der Waals surface area contributed by atoms with Gasteiger partial charge in [-0.3, -0.25) is 4.98 Å². The zero-order chi connectivity index (χ0) is 13.9.